The summed E-state index contributed by atoms with van der Waals surface area (Å²) in [6, 6.07) is 13.2. The van der Waals surface area contributed by atoms with Crippen LogP contribution in [0, 0.1) is 20.8 Å². The Hall–Kier alpha value is -2.12. The second kappa shape index (κ2) is 7.25. The van der Waals surface area contributed by atoms with Crippen molar-refractivity contribution in [2.75, 3.05) is 4.72 Å². The normalized spacial score (nSPS) is 11.5. The fourth-order valence-electron chi connectivity index (χ4n) is 2.50. The summed E-state index contributed by atoms with van der Waals surface area (Å²) >= 11 is 3.38. The molecule has 1 heterocycles. The molecule has 0 bridgehead atoms. The minimum atomic E-state index is -3.70. The van der Waals surface area contributed by atoms with E-state index in [4.69, 9.17) is 0 Å². The molecule has 0 amide bonds. The third-order valence-electron chi connectivity index (χ3n) is 4.20. The lowest BCUT2D eigenvalue weighted by atomic mass is 10.1. The molecule has 0 saturated carbocycles. The van der Waals surface area contributed by atoms with Crippen LogP contribution in [-0.4, -0.2) is 18.2 Å². The SMILES string of the molecule is Cc1ccc(Cn2cc(Br)c(NS(=O)(=O)c3ccc(C)c(C)c3)n2)cc1. The van der Waals surface area contributed by atoms with Crippen molar-refractivity contribution < 1.29 is 8.42 Å². The maximum absolute atomic E-state index is 12.6. The van der Waals surface area contributed by atoms with Crippen molar-refractivity contribution in [3.63, 3.8) is 0 Å². The Labute approximate surface area is 162 Å². The van der Waals surface area contributed by atoms with Gasteiger partial charge in [-0.15, -0.1) is 0 Å². The minimum absolute atomic E-state index is 0.223. The standard InChI is InChI=1S/C19H20BrN3O2S/c1-13-4-7-16(8-5-13)11-23-12-18(20)19(21-23)22-26(24,25)17-9-6-14(2)15(3)10-17/h4-10,12H,11H2,1-3H3,(H,21,22). The van der Waals surface area contributed by atoms with Crippen molar-refractivity contribution in [2.24, 2.45) is 0 Å². The second-order valence-corrected chi connectivity index (χ2v) is 8.90. The average molecular weight is 434 g/mol. The summed E-state index contributed by atoms with van der Waals surface area (Å²) in [6.07, 6.45) is 1.76. The van der Waals surface area contributed by atoms with Gasteiger partial charge in [0.15, 0.2) is 5.82 Å². The predicted molar refractivity (Wildman–Crippen MR) is 107 cm³/mol. The molecule has 0 radical (unpaired) electrons. The lowest BCUT2D eigenvalue weighted by molar-refractivity contribution is 0.600. The molecule has 2 aromatic carbocycles. The van der Waals surface area contributed by atoms with E-state index < -0.39 is 10.0 Å². The number of hydrogen-bond acceptors (Lipinski definition) is 3. The van der Waals surface area contributed by atoms with Crippen LogP contribution in [-0.2, 0) is 16.6 Å². The quantitative estimate of drug-likeness (QED) is 0.647. The van der Waals surface area contributed by atoms with E-state index in [9.17, 15) is 8.42 Å². The third kappa shape index (κ3) is 4.16. The van der Waals surface area contributed by atoms with Crippen molar-refractivity contribution in [1.29, 1.82) is 0 Å². The lowest BCUT2D eigenvalue weighted by Crippen LogP contribution is -2.14. The molecule has 7 heteroatoms. The molecule has 0 spiro atoms. The average Bonchev–Trinajstić information content (AvgIpc) is 2.91. The summed E-state index contributed by atoms with van der Waals surface area (Å²) in [7, 11) is -3.70. The molecule has 0 aliphatic heterocycles. The number of aromatic nitrogens is 2. The highest BCUT2D eigenvalue weighted by Crippen LogP contribution is 2.24. The zero-order valence-corrected chi connectivity index (χ0v) is 17.2. The molecule has 0 unspecified atom stereocenters. The van der Waals surface area contributed by atoms with E-state index in [1.165, 1.54) is 5.56 Å². The van der Waals surface area contributed by atoms with E-state index in [0.29, 0.717) is 11.0 Å². The van der Waals surface area contributed by atoms with Gasteiger partial charge in [-0.05, 0) is 65.5 Å². The van der Waals surface area contributed by atoms with Gasteiger partial charge < -0.3 is 0 Å². The fraction of sp³-hybridized carbons (Fsp3) is 0.211. The van der Waals surface area contributed by atoms with Gasteiger partial charge in [0.2, 0.25) is 0 Å². The van der Waals surface area contributed by atoms with E-state index >= 15 is 0 Å². The van der Waals surface area contributed by atoms with Gasteiger partial charge in [-0.3, -0.25) is 9.40 Å². The van der Waals surface area contributed by atoms with Crippen molar-refractivity contribution >= 4 is 31.8 Å². The van der Waals surface area contributed by atoms with Crippen molar-refractivity contribution in [2.45, 2.75) is 32.2 Å². The molecule has 0 saturated heterocycles. The molecule has 0 aliphatic rings. The first-order valence-electron chi connectivity index (χ1n) is 8.13. The molecule has 1 aromatic heterocycles. The van der Waals surface area contributed by atoms with Gasteiger partial charge in [-0.1, -0.05) is 35.9 Å². The van der Waals surface area contributed by atoms with Crippen LogP contribution in [0.15, 0.2) is 58.0 Å². The van der Waals surface area contributed by atoms with Crippen LogP contribution in [0.3, 0.4) is 0 Å². The second-order valence-electron chi connectivity index (χ2n) is 6.36. The molecule has 3 aromatic rings. The molecule has 136 valence electrons. The first kappa shape index (κ1) is 18.7. The van der Waals surface area contributed by atoms with Crippen LogP contribution < -0.4 is 4.72 Å². The zero-order valence-electron chi connectivity index (χ0n) is 14.8. The van der Waals surface area contributed by atoms with Gasteiger partial charge in [-0.2, -0.15) is 5.10 Å². The van der Waals surface area contributed by atoms with E-state index in [2.05, 4.69) is 25.8 Å². The maximum atomic E-state index is 12.6. The van der Waals surface area contributed by atoms with Crippen LogP contribution in [0.4, 0.5) is 5.82 Å². The zero-order chi connectivity index (χ0) is 18.9. The van der Waals surface area contributed by atoms with Crippen LogP contribution in [0.1, 0.15) is 22.3 Å². The van der Waals surface area contributed by atoms with Gasteiger partial charge in [0.25, 0.3) is 10.0 Å². The smallest absolute Gasteiger partial charge is 0.263 e. The number of anilines is 1. The monoisotopic (exact) mass is 433 g/mol. The molecule has 5 nitrogen and oxygen atoms in total. The molecule has 0 aliphatic carbocycles. The fourth-order valence-corrected chi connectivity index (χ4v) is 4.14. The molecule has 0 fully saturated rings. The first-order chi connectivity index (χ1) is 12.2. The summed E-state index contributed by atoms with van der Waals surface area (Å²) in [4.78, 5) is 0.223. The first-order valence-corrected chi connectivity index (χ1v) is 10.4. The Morgan fingerprint density at radius 2 is 1.73 bits per heavy atom. The maximum Gasteiger partial charge on any atom is 0.263 e. The highest BCUT2D eigenvalue weighted by Gasteiger charge is 2.18. The van der Waals surface area contributed by atoms with E-state index in [-0.39, 0.29) is 10.7 Å². The van der Waals surface area contributed by atoms with Gasteiger partial charge in [0, 0.05) is 6.20 Å². The summed E-state index contributed by atoms with van der Waals surface area (Å²) in [6.45, 7) is 6.43. The molecule has 26 heavy (non-hydrogen) atoms. The number of hydrogen-bond donors (Lipinski definition) is 1. The molecule has 0 atom stereocenters. The largest absolute Gasteiger partial charge is 0.265 e. The minimum Gasteiger partial charge on any atom is -0.265 e. The van der Waals surface area contributed by atoms with E-state index in [1.807, 2.05) is 45.0 Å². The Bertz CT molecular complexity index is 1040. The summed E-state index contributed by atoms with van der Waals surface area (Å²) in [5, 5.41) is 4.36. The number of rotatable bonds is 5. The third-order valence-corrected chi connectivity index (χ3v) is 6.12. The van der Waals surface area contributed by atoms with Crippen LogP contribution in [0.2, 0.25) is 0 Å². The molecule has 1 N–H and O–H groups in total. The number of aryl methyl sites for hydroxylation is 3. The lowest BCUT2D eigenvalue weighted by Gasteiger charge is -2.08. The highest BCUT2D eigenvalue weighted by atomic mass is 79.9. The molecule has 3 rings (SSSR count). The number of sulfonamides is 1. The topological polar surface area (TPSA) is 64.0 Å². The predicted octanol–water partition coefficient (Wildman–Crippen LogP) is 4.42. The van der Waals surface area contributed by atoms with Crippen molar-refractivity contribution in [3.8, 4) is 0 Å². The molecular formula is C19H20BrN3O2S. The molecular weight excluding hydrogens is 414 g/mol. The number of nitrogens with zero attached hydrogens (tertiary/aromatic N) is 2. The summed E-state index contributed by atoms with van der Waals surface area (Å²) in [5.74, 6) is 0.273. The Morgan fingerprint density at radius 1 is 1.04 bits per heavy atom. The summed E-state index contributed by atoms with van der Waals surface area (Å²) in [5.41, 5.74) is 4.26. The Balaban J connectivity index is 1.82. The van der Waals surface area contributed by atoms with Crippen LogP contribution >= 0.6 is 15.9 Å². The van der Waals surface area contributed by atoms with E-state index in [1.54, 1.807) is 29.1 Å². The number of halogens is 1. The summed E-state index contributed by atoms with van der Waals surface area (Å²) < 4.78 is 30.1. The van der Waals surface area contributed by atoms with Gasteiger partial charge >= 0.3 is 0 Å². The number of benzene rings is 2. The van der Waals surface area contributed by atoms with Crippen molar-refractivity contribution in [1.82, 2.24) is 9.78 Å². The van der Waals surface area contributed by atoms with Crippen LogP contribution in [0.5, 0.6) is 0 Å². The Kier molecular flexibility index (Phi) is 5.20. The van der Waals surface area contributed by atoms with Gasteiger partial charge in [0.05, 0.1) is 15.9 Å². The van der Waals surface area contributed by atoms with E-state index in [0.717, 1.165) is 16.7 Å². The van der Waals surface area contributed by atoms with Crippen molar-refractivity contribution in [3.05, 3.63) is 75.4 Å². The van der Waals surface area contributed by atoms with Gasteiger partial charge in [0.1, 0.15) is 0 Å². The number of nitrogens with one attached hydrogen (secondary N) is 1. The van der Waals surface area contributed by atoms with Gasteiger partial charge in [-0.25, -0.2) is 8.42 Å². The highest BCUT2D eigenvalue weighted by molar-refractivity contribution is 9.10. The Morgan fingerprint density at radius 3 is 2.38 bits per heavy atom. The van der Waals surface area contributed by atoms with Crippen LogP contribution in [0.25, 0.3) is 0 Å².